The molecule has 0 spiro atoms. The van der Waals surface area contributed by atoms with Gasteiger partial charge in [-0.15, -0.1) is 0 Å². The molecule has 0 nitrogen and oxygen atoms in total. The molecule has 0 atom stereocenters. The summed E-state index contributed by atoms with van der Waals surface area (Å²) in [6, 6.07) is 0. The van der Waals surface area contributed by atoms with Crippen molar-refractivity contribution in [3.8, 4) is 0 Å². The van der Waals surface area contributed by atoms with Gasteiger partial charge in [0.25, 0.3) is 0 Å². The minimum atomic E-state index is -0.654. The van der Waals surface area contributed by atoms with Crippen LogP contribution in [0.3, 0.4) is 0 Å². The normalized spacial score (nSPS) is 8.00. The van der Waals surface area contributed by atoms with Crippen molar-refractivity contribution in [3.05, 3.63) is 0 Å². The van der Waals surface area contributed by atoms with Crippen LogP contribution < -0.4 is 0 Å². The Balaban J connectivity index is 0. The first-order valence-electron chi connectivity index (χ1n) is 1.36. The van der Waals surface area contributed by atoms with Crippen molar-refractivity contribution in [1.82, 2.24) is 0 Å². The molecule has 0 unspecified atom stereocenters. The Kier molecular flexibility index (Phi) is 11.7. The third kappa shape index (κ3) is 9.16. The number of rotatable bonds is 1. The van der Waals surface area contributed by atoms with E-state index in [9.17, 15) is 0 Å². The van der Waals surface area contributed by atoms with Crippen molar-refractivity contribution in [2.24, 2.45) is 0 Å². The van der Waals surface area contributed by atoms with Crippen molar-refractivity contribution in [2.75, 3.05) is 6.16 Å². The van der Waals surface area contributed by atoms with Crippen LogP contribution in [0.4, 0.5) is 0 Å². The van der Waals surface area contributed by atoms with E-state index < -0.39 is 6.63 Å². The van der Waals surface area contributed by atoms with Gasteiger partial charge in [0.05, 0.1) is 6.63 Å². The summed E-state index contributed by atoms with van der Waals surface area (Å²) in [6.07, 6.45) is 0.901. The van der Waals surface area contributed by atoms with Crippen molar-refractivity contribution in [2.45, 2.75) is 6.92 Å². The van der Waals surface area contributed by atoms with Crippen molar-refractivity contribution in [3.63, 3.8) is 0 Å². The molecular formula is C2H5Cl2PRu. The Hall–Kier alpha value is 1.63. The maximum absolute atomic E-state index is 5.29. The van der Waals surface area contributed by atoms with Crippen LogP contribution in [0.5, 0.6) is 0 Å². The Morgan fingerprint density at radius 3 is 1.67 bits per heavy atom. The van der Waals surface area contributed by atoms with Crippen molar-refractivity contribution >= 4 is 29.1 Å². The zero-order valence-electron chi connectivity index (χ0n) is 3.26. The minimum Gasteiger partial charge on any atom is -0.0781 e. The zero-order valence-corrected chi connectivity index (χ0v) is 7.41. The summed E-state index contributed by atoms with van der Waals surface area (Å²) in [5.41, 5.74) is 0. The summed E-state index contributed by atoms with van der Waals surface area (Å²) in [5.74, 6) is 0. The molecule has 0 saturated carbocycles. The van der Waals surface area contributed by atoms with Crippen LogP contribution in [-0.4, -0.2) is 6.16 Å². The monoisotopic (exact) mass is 232 g/mol. The molecule has 0 amide bonds. The van der Waals surface area contributed by atoms with Gasteiger partial charge in [0, 0.05) is 19.5 Å². The molecule has 0 rings (SSSR count). The van der Waals surface area contributed by atoms with E-state index in [0.29, 0.717) is 0 Å². The van der Waals surface area contributed by atoms with E-state index >= 15 is 0 Å². The average molecular weight is 232 g/mol. The maximum Gasteiger partial charge on any atom is 0.0851 e. The summed E-state index contributed by atoms with van der Waals surface area (Å²) in [7, 11) is 0. The SMILES string of the molecule is CCP(Cl)Cl.[Ru]. The fourth-order valence-corrected chi connectivity index (χ4v) is 0. The number of halogens is 2. The quantitative estimate of drug-likeness (QED) is 0.481. The Morgan fingerprint density at radius 2 is 1.67 bits per heavy atom. The molecule has 6 heavy (non-hydrogen) atoms. The van der Waals surface area contributed by atoms with Crippen LogP contribution in [0.1, 0.15) is 6.92 Å². The predicted molar refractivity (Wildman–Crippen MR) is 29.2 cm³/mol. The molecule has 0 N–H and O–H groups in total. The summed E-state index contributed by atoms with van der Waals surface area (Å²) in [6.45, 7) is 1.31. The first-order valence-corrected chi connectivity index (χ1v) is 4.70. The molecule has 0 aliphatic heterocycles. The first-order chi connectivity index (χ1) is 2.27. The third-order valence-electron chi connectivity index (χ3n) is 0.239. The molecule has 0 fully saturated rings. The molecular weight excluding hydrogens is 227 g/mol. The van der Waals surface area contributed by atoms with Gasteiger partial charge < -0.3 is 0 Å². The van der Waals surface area contributed by atoms with Gasteiger partial charge in [-0.05, 0) is 6.16 Å². The zero-order chi connectivity index (χ0) is 4.28. The van der Waals surface area contributed by atoms with E-state index in [0.717, 1.165) is 6.16 Å². The first kappa shape index (κ1) is 10.6. The smallest absolute Gasteiger partial charge is 0.0781 e. The average Bonchev–Trinajstić information content (AvgIpc) is 1.38. The largest absolute Gasteiger partial charge is 0.0851 e. The molecule has 0 aromatic carbocycles. The molecule has 0 aliphatic carbocycles. The van der Waals surface area contributed by atoms with Crippen molar-refractivity contribution < 1.29 is 19.5 Å². The second-order valence-corrected chi connectivity index (χ2v) is 4.83. The van der Waals surface area contributed by atoms with Gasteiger partial charge >= 0.3 is 0 Å². The second kappa shape index (κ2) is 6.63. The molecule has 0 aromatic rings. The fourth-order valence-electron chi connectivity index (χ4n) is 0. The van der Waals surface area contributed by atoms with Gasteiger partial charge in [-0.25, -0.2) is 0 Å². The van der Waals surface area contributed by atoms with E-state index in [1.165, 1.54) is 0 Å². The van der Waals surface area contributed by atoms with Crippen LogP contribution in [0.15, 0.2) is 0 Å². The van der Waals surface area contributed by atoms with Gasteiger partial charge in [-0.1, -0.05) is 29.4 Å². The topological polar surface area (TPSA) is 0 Å². The van der Waals surface area contributed by atoms with Gasteiger partial charge in [-0.2, -0.15) is 0 Å². The fraction of sp³-hybridized carbons (Fsp3) is 1.00. The van der Waals surface area contributed by atoms with Crippen LogP contribution in [0.2, 0.25) is 0 Å². The van der Waals surface area contributed by atoms with Gasteiger partial charge in [0.15, 0.2) is 0 Å². The standard InChI is InChI=1S/C2H5Cl2P.Ru/c1-2-5(3)4;/h2H2,1H3;. The van der Waals surface area contributed by atoms with Crippen molar-refractivity contribution in [1.29, 1.82) is 0 Å². The Bertz CT molecular complexity index is 25.5. The summed E-state index contributed by atoms with van der Waals surface area (Å²) >= 11 is 10.6. The van der Waals surface area contributed by atoms with Crippen LogP contribution in [-0.2, 0) is 19.5 Å². The third-order valence-corrected chi connectivity index (χ3v) is 2.15. The molecule has 40 valence electrons. The molecule has 0 bridgehead atoms. The second-order valence-electron chi connectivity index (χ2n) is 0.619. The molecule has 4 heteroatoms. The molecule has 0 aliphatic rings. The van der Waals surface area contributed by atoms with E-state index in [2.05, 4.69) is 0 Å². The molecule has 0 heterocycles. The van der Waals surface area contributed by atoms with E-state index in [1.54, 1.807) is 0 Å². The minimum absolute atomic E-state index is 0. The van der Waals surface area contributed by atoms with Crippen LogP contribution in [0, 0.1) is 0 Å². The summed E-state index contributed by atoms with van der Waals surface area (Å²) in [5, 5.41) is 0. The molecule has 0 aromatic heterocycles. The van der Waals surface area contributed by atoms with E-state index in [1.807, 2.05) is 6.92 Å². The molecule has 0 radical (unpaired) electrons. The summed E-state index contributed by atoms with van der Waals surface area (Å²) in [4.78, 5) is 0. The van der Waals surface area contributed by atoms with E-state index in [4.69, 9.17) is 22.5 Å². The van der Waals surface area contributed by atoms with Crippen LogP contribution >= 0.6 is 29.1 Å². The Labute approximate surface area is 61.7 Å². The number of hydrogen-bond donors (Lipinski definition) is 0. The Morgan fingerprint density at radius 1 is 1.50 bits per heavy atom. The van der Waals surface area contributed by atoms with Gasteiger partial charge in [0.2, 0.25) is 0 Å². The van der Waals surface area contributed by atoms with Gasteiger partial charge in [-0.3, -0.25) is 0 Å². The number of hydrogen-bond acceptors (Lipinski definition) is 0. The predicted octanol–water partition coefficient (Wildman–Crippen LogP) is 2.79. The maximum atomic E-state index is 5.29. The van der Waals surface area contributed by atoms with E-state index in [-0.39, 0.29) is 19.5 Å². The molecule has 0 saturated heterocycles. The summed E-state index contributed by atoms with van der Waals surface area (Å²) < 4.78 is 0. The van der Waals surface area contributed by atoms with Crippen LogP contribution in [0.25, 0.3) is 0 Å². The van der Waals surface area contributed by atoms with Gasteiger partial charge in [0.1, 0.15) is 0 Å².